The second kappa shape index (κ2) is 8.09. The Kier molecular flexibility index (Phi) is 5.89. The SMILES string of the molecule is CCOC(=O)Cn1nc(NC(=O)COc2ccc(F)cc2)cc1C. The van der Waals surface area contributed by atoms with E-state index in [1.54, 1.807) is 19.9 Å². The number of halogens is 1. The number of nitrogens with one attached hydrogen (secondary N) is 1. The van der Waals surface area contributed by atoms with Gasteiger partial charge in [0.05, 0.1) is 6.61 Å². The fourth-order valence-electron chi connectivity index (χ4n) is 1.92. The van der Waals surface area contributed by atoms with Crippen LogP contribution in [0.15, 0.2) is 30.3 Å². The standard InChI is InChI=1S/C16H18FN3O4/c1-3-23-16(22)9-20-11(2)8-14(19-20)18-15(21)10-24-13-6-4-12(17)5-7-13/h4-8H,3,9-10H2,1-2H3,(H,18,19,21). The molecule has 0 saturated heterocycles. The highest BCUT2D eigenvalue weighted by Gasteiger charge is 2.11. The number of benzene rings is 1. The Morgan fingerprint density at radius 1 is 1.29 bits per heavy atom. The van der Waals surface area contributed by atoms with Crippen LogP contribution in [0.3, 0.4) is 0 Å². The number of aryl methyl sites for hydroxylation is 1. The molecule has 0 aliphatic heterocycles. The third-order valence-electron chi connectivity index (χ3n) is 3.02. The first-order valence-electron chi connectivity index (χ1n) is 7.36. The monoisotopic (exact) mass is 335 g/mol. The minimum atomic E-state index is -0.417. The summed E-state index contributed by atoms with van der Waals surface area (Å²) in [6.45, 7) is 3.51. The Morgan fingerprint density at radius 2 is 2.00 bits per heavy atom. The summed E-state index contributed by atoms with van der Waals surface area (Å²) < 4.78 is 24.3. The lowest BCUT2D eigenvalue weighted by Crippen LogP contribution is -2.21. The third kappa shape index (κ3) is 5.08. The molecule has 0 spiro atoms. The molecule has 0 atom stereocenters. The van der Waals surface area contributed by atoms with Crippen molar-refractivity contribution in [2.75, 3.05) is 18.5 Å². The largest absolute Gasteiger partial charge is 0.484 e. The van der Waals surface area contributed by atoms with Gasteiger partial charge in [0.25, 0.3) is 5.91 Å². The molecule has 0 aliphatic carbocycles. The summed E-state index contributed by atoms with van der Waals surface area (Å²) in [5, 5.41) is 6.69. The van der Waals surface area contributed by atoms with Crippen LogP contribution in [-0.2, 0) is 20.9 Å². The summed E-state index contributed by atoms with van der Waals surface area (Å²) in [4.78, 5) is 23.3. The van der Waals surface area contributed by atoms with Gasteiger partial charge in [-0.2, -0.15) is 5.10 Å². The molecule has 24 heavy (non-hydrogen) atoms. The molecule has 8 heteroatoms. The van der Waals surface area contributed by atoms with E-state index in [9.17, 15) is 14.0 Å². The van der Waals surface area contributed by atoms with Crippen LogP contribution in [0.25, 0.3) is 0 Å². The topological polar surface area (TPSA) is 82.5 Å². The van der Waals surface area contributed by atoms with E-state index < -0.39 is 11.9 Å². The van der Waals surface area contributed by atoms with Gasteiger partial charge in [-0.15, -0.1) is 0 Å². The minimum absolute atomic E-state index is 0.0262. The molecule has 1 aromatic heterocycles. The lowest BCUT2D eigenvalue weighted by atomic mass is 10.3. The smallest absolute Gasteiger partial charge is 0.327 e. The molecule has 0 unspecified atom stereocenters. The van der Waals surface area contributed by atoms with Gasteiger partial charge in [0.1, 0.15) is 18.1 Å². The third-order valence-corrected chi connectivity index (χ3v) is 3.02. The molecule has 1 heterocycles. The van der Waals surface area contributed by atoms with E-state index in [1.165, 1.54) is 28.9 Å². The molecule has 2 aromatic rings. The molecule has 0 bridgehead atoms. The van der Waals surface area contributed by atoms with Gasteiger partial charge in [-0.1, -0.05) is 0 Å². The van der Waals surface area contributed by atoms with Crippen LogP contribution >= 0.6 is 0 Å². The molecular weight excluding hydrogens is 317 g/mol. The summed E-state index contributed by atoms with van der Waals surface area (Å²) >= 11 is 0. The molecule has 1 aromatic carbocycles. The molecular formula is C16H18FN3O4. The fraction of sp³-hybridized carbons (Fsp3) is 0.312. The number of nitrogens with zero attached hydrogens (tertiary/aromatic N) is 2. The average molecular weight is 335 g/mol. The highest BCUT2D eigenvalue weighted by Crippen LogP contribution is 2.12. The van der Waals surface area contributed by atoms with Gasteiger partial charge in [-0.05, 0) is 38.1 Å². The zero-order chi connectivity index (χ0) is 17.5. The summed E-state index contributed by atoms with van der Waals surface area (Å²) in [6.07, 6.45) is 0. The van der Waals surface area contributed by atoms with Crippen molar-refractivity contribution in [2.45, 2.75) is 20.4 Å². The molecule has 1 amide bonds. The Balaban J connectivity index is 1.87. The molecule has 1 N–H and O–H groups in total. The van der Waals surface area contributed by atoms with Crippen LogP contribution in [0.1, 0.15) is 12.6 Å². The Bertz CT molecular complexity index is 713. The lowest BCUT2D eigenvalue weighted by Gasteiger charge is -2.06. The number of hydrogen-bond donors (Lipinski definition) is 1. The van der Waals surface area contributed by atoms with E-state index in [-0.39, 0.29) is 19.0 Å². The maximum absolute atomic E-state index is 12.8. The van der Waals surface area contributed by atoms with E-state index in [2.05, 4.69) is 10.4 Å². The number of carbonyl (C=O) groups is 2. The van der Waals surface area contributed by atoms with Crippen LogP contribution in [0, 0.1) is 12.7 Å². The molecule has 0 radical (unpaired) electrons. The van der Waals surface area contributed by atoms with Crippen molar-refractivity contribution >= 4 is 17.7 Å². The number of carbonyl (C=O) groups excluding carboxylic acids is 2. The summed E-state index contributed by atoms with van der Waals surface area (Å²) in [5.74, 6) is -0.504. The van der Waals surface area contributed by atoms with E-state index in [4.69, 9.17) is 9.47 Å². The van der Waals surface area contributed by atoms with Gasteiger partial charge in [-0.3, -0.25) is 14.3 Å². The van der Waals surface area contributed by atoms with Crippen molar-refractivity contribution in [2.24, 2.45) is 0 Å². The first-order valence-corrected chi connectivity index (χ1v) is 7.36. The minimum Gasteiger partial charge on any atom is -0.484 e. The van der Waals surface area contributed by atoms with E-state index in [1.807, 2.05) is 0 Å². The maximum atomic E-state index is 12.8. The highest BCUT2D eigenvalue weighted by molar-refractivity contribution is 5.91. The number of rotatable bonds is 7. The molecule has 0 saturated carbocycles. The number of anilines is 1. The summed E-state index contributed by atoms with van der Waals surface area (Å²) in [7, 11) is 0. The molecule has 0 aliphatic rings. The summed E-state index contributed by atoms with van der Waals surface area (Å²) in [6, 6.07) is 6.98. The number of ether oxygens (including phenoxy) is 2. The Hall–Kier alpha value is -2.90. The fourth-order valence-corrected chi connectivity index (χ4v) is 1.92. The van der Waals surface area contributed by atoms with E-state index in [0.717, 1.165) is 0 Å². The van der Waals surface area contributed by atoms with E-state index in [0.29, 0.717) is 23.9 Å². The van der Waals surface area contributed by atoms with Crippen LogP contribution in [0.5, 0.6) is 5.75 Å². The normalized spacial score (nSPS) is 10.3. The first-order chi connectivity index (χ1) is 11.5. The number of hydrogen-bond acceptors (Lipinski definition) is 5. The van der Waals surface area contributed by atoms with Gasteiger partial charge >= 0.3 is 5.97 Å². The van der Waals surface area contributed by atoms with Crippen molar-refractivity contribution in [3.63, 3.8) is 0 Å². The zero-order valence-electron chi connectivity index (χ0n) is 13.4. The number of aromatic nitrogens is 2. The van der Waals surface area contributed by atoms with Crippen LogP contribution in [0.2, 0.25) is 0 Å². The average Bonchev–Trinajstić information content (AvgIpc) is 2.86. The molecule has 7 nitrogen and oxygen atoms in total. The predicted octanol–water partition coefficient (Wildman–Crippen LogP) is 1.91. The van der Waals surface area contributed by atoms with E-state index >= 15 is 0 Å². The number of esters is 1. The predicted molar refractivity (Wildman–Crippen MR) is 84.1 cm³/mol. The van der Waals surface area contributed by atoms with Crippen molar-refractivity contribution < 1.29 is 23.5 Å². The number of amides is 1. The summed E-state index contributed by atoms with van der Waals surface area (Å²) in [5.41, 5.74) is 0.706. The quantitative estimate of drug-likeness (QED) is 0.782. The molecule has 0 fully saturated rings. The van der Waals surface area contributed by atoms with Crippen molar-refractivity contribution in [3.8, 4) is 5.75 Å². The zero-order valence-corrected chi connectivity index (χ0v) is 13.4. The molecule has 128 valence electrons. The van der Waals surface area contributed by atoms with Gasteiger partial charge in [-0.25, -0.2) is 4.39 Å². The highest BCUT2D eigenvalue weighted by atomic mass is 19.1. The van der Waals surface area contributed by atoms with Gasteiger partial charge in [0.2, 0.25) is 0 Å². The first kappa shape index (κ1) is 17.5. The second-order valence-electron chi connectivity index (χ2n) is 4.92. The lowest BCUT2D eigenvalue weighted by molar-refractivity contribution is -0.144. The molecule has 2 rings (SSSR count). The van der Waals surface area contributed by atoms with Crippen LogP contribution in [-0.4, -0.2) is 34.9 Å². The van der Waals surface area contributed by atoms with Crippen molar-refractivity contribution in [3.05, 3.63) is 41.8 Å². The Labute approximate surface area is 138 Å². The van der Waals surface area contributed by atoms with Crippen molar-refractivity contribution in [1.82, 2.24) is 9.78 Å². The van der Waals surface area contributed by atoms with Gasteiger partial charge < -0.3 is 14.8 Å². The van der Waals surface area contributed by atoms with Gasteiger partial charge in [0, 0.05) is 11.8 Å². The van der Waals surface area contributed by atoms with Gasteiger partial charge in [0.15, 0.2) is 12.4 Å². The maximum Gasteiger partial charge on any atom is 0.327 e. The second-order valence-corrected chi connectivity index (χ2v) is 4.92. The van der Waals surface area contributed by atoms with Crippen molar-refractivity contribution in [1.29, 1.82) is 0 Å². The van der Waals surface area contributed by atoms with Crippen LogP contribution in [0.4, 0.5) is 10.2 Å². The van der Waals surface area contributed by atoms with Crippen LogP contribution < -0.4 is 10.1 Å². The Morgan fingerprint density at radius 3 is 2.67 bits per heavy atom.